The Morgan fingerprint density at radius 2 is 1.90 bits per heavy atom. The molecule has 0 aliphatic rings. The maximum absolute atomic E-state index is 12.0. The number of esters is 1. The maximum Gasteiger partial charge on any atom is 0.308 e. The highest BCUT2D eigenvalue weighted by molar-refractivity contribution is 5.72. The van der Waals surface area contributed by atoms with Gasteiger partial charge in [0, 0.05) is 12.2 Å². The molecule has 0 aromatic heterocycles. The van der Waals surface area contributed by atoms with Crippen LogP contribution in [0.2, 0.25) is 0 Å². The van der Waals surface area contributed by atoms with Crippen molar-refractivity contribution in [3.8, 4) is 0 Å². The number of rotatable bonds is 10. The highest BCUT2D eigenvalue weighted by Gasteiger charge is 2.17. The van der Waals surface area contributed by atoms with Gasteiger partial charge in [0.05, 0.1) is 12.5 Å². The van der Waals surface area contributed by atoms with Gasteiger partial charge in [-0.1, -0.05) is 44.9 Å². The van der Waals surface area contributed by atoms with Crippen LogP contribution in [0.5, 0.6) is 0 Å². The number of likely N-dealkylation sites (N-methyl/N-ethyl adjacent to an activating group) is 1. The summed E-state index contributed by atoms with van der Waals surface area (Å²) in [7, 11) is 0. The molecule has 1 unspecified atom stereocenters. The predicted molar refractivity (Wildman–Crippen MR) is 88.6 cm³/mol. The van der Waals surface area contributed by atoms with Gasteiger partial charge in [-0.3, -0.25) is 4.79 Å². The van der Waals surface area contributed by atoms with Crippen molar-refractivity contribution in [3.05, 3.63) is 30.3 Å². The van der Waals surface area contributed by atoms with Gasteiger partial charge in [0.15, 0.2) is 0 Å². The highest BCUT2D eigenvalue weighted by atomic mass is 16.5. The van der Waals surface area contributed by atoms with E-state index in [9.17, 15) is 4.79 Å². The molecule has 0 spiro atoms. The molecule has 3 heteroatoms. The van der Waals surface area contributed by atoms with Crippen LogP contribution in [-0.4, -0.2) is 25.7 Å². The summed E-state index contributed by atoms with van der Waals surface area (Å²) >= 11 is 0. The first-order valence-electron chi connectivity index (χ1n) is 8.19. The molecule has 0 bridgehead atoms. The van der Waals surface area contributed by atoms with E-state index in [-0.39, 0.29) is 11.9 Å². The molecule has 0 N–H and O–H groups in total. The molecule has 0 heterocycles. The molecule has 1 aromatic rings. The number of benzene rings is 1. The summed E-state index contributed by atoms with van der Waals surface area (Å²) in [5.41, 5.74) is 1.18. The van der Waals surface area contributed by atoms with Gasteiger partial charge >= 0.3 is 5.97 Å². The van der Waals surface area contributed by atoms with Crippen molar-refractivity contribution in [1.29, 1.82) is 0 Å². The molecule has 0 fully saturated rings. The van der Waals surface area contributed by atoms with E-state index in [2.05, 4.69) is 37.8 Å². The Balaban J connectivity index is 2.38. The van der Waals surface area contributed by atoms with Gasteiger partial charge in [0.1, 0.15) is 6.61 Å². The fraction of sp³-hybridized carbons (Fsp3) is 0.611. The van der Waals surface area contributed by atoms with Crippen LogP contribution in [0, 0.1) is 5.92 Å². The standard InChI is InChI=1S/C18H29NO2/c1-4-7-11-16(5-2)18(20)21-15-14-19(6-3)17-12-9-8-10-13-17/h8-10,12-13,16H,4-7,11,14-15H2,1-3H3. The van der Waals surface area contributed by atoms with Crippen LogP contribution in [0.1, 0.15) is 46.5 Å². The molecule has 0 radical (unpaired) electrons. The Morgan fingerprint density at radius 3 is 2.48 bits per heavy atom. The van der Waals surface area contributed by atoms with E-state index in [0.29, 0.717) is 6.61 Å². The van der Waals surface area contributed by atoms with Crippen molar-refractivity contribution in [1.82, 2.24) is 0 Å². The van der Waals surface area contributed by atoms with E-state index in [1.54, 1.807) is 0 Å². The summed E-state index contributed by atoms with van der Waals surface area (Å²) in [5.74, 6) is 0.0341. The minimum Gasteiger partial charge on any atom is -0.464 e. The maximum atomic E-state index is 12.0. The smallest absolute Gasteiger partial charge is 0.308 e. The van der Waals surface area contributed by atoms with E-state index >= 15 is 0 Å². The summed E-state index contributed by atoms with van der Waals surface area (Å²) in [6.45, 7) is 8.45. The van der Waals surface area contributed by atoms with Gasteiger partial charge < -0.3 is 9.64 Å². The van der Waals surface area contributed by atoms with Gasteiger partial charge in [-0.25, -0.2) is 0 Å². The average Bonchev–Trinajstić information content (AvgIpc) is 2.53. The van der Waals surface area contributed by atoms with Crippen molar-refractivity contribution in [2.24, 2.45) is 5.92 Å². The summed E-state index contributed by atoms with van der Waals surface area (Å²) in [6.07, 6.45) is 4.04. The van der Waals surface area contributed by atoms with Crippen molar-refractivity contribution in [3.63, 3.8) is 0 Å². The van der Waals surface area contributed by atoms with Crippen molar-refractivity contribution >= 4 is 11.7 Å². The number of carbonyl (C=O) groups is 1. The second kappa shape index (κ2) is 10.3. The molecule has 1 rings (SSSR count). The second-order valence-electron chi connectivity index (χ2n) is 5.33. The van der Waals surface area contributed by atoms with Crippen LogP contribution in [0.15, 0.2) is 30.3 Å². The summed E-state index contributed by atoms with van der Waals surface area (Å²) in [4.78, 5) is 14.3. The quantitative estimate of drug-likeness (QED) is 0.603. The molecular formula is C18H29NO2. The molecule has 1 aromatic carbocycles. The first-order valence-corrected chi connectivity index (χ1v) is 8.19. The van der Waals surface area contributed by atoms with Gasteiger partial charge in [0.2, 0.25) is 0 Å². The fourth-order valence-electron chi connectivity index (χ4n) is 2.42. The second-order valence-corrected chi connectivity index (χ2v) is 5.33. The van der Waals surface area contributed by atoms with E-state index in [1.165, 1.54) is 5.69 Å². The number of para-hydroxylation sites is 1. The lowest BCUT2D eigenvalue weighted by atomic mass is 10.00. The lowest BCUT2D eigenvalue weighted by Gasteiger charge is -2.23. The number of ether oxygens (including phenoxy) is 1. The van der Waals surface area contributed by atoms with Crippen LogP contribution in [-0.2, 0) is 9.53 Å². The molecule has 118 valence electrons. The van der Waals surface area contributed by atoms with Crippen LogP contribution in [0.3, 0.4) is 0 Å². The summed E-state index contributed by atoms with van der Waals surface area (Å²) < 4.78 is 5.47. The molecule has 0 aliphatic carbocycles. The lowest BCUT2D eigenvalue weighted by Crippen LogP contribution is -2.29. The lowest BCUT2D eigenvalue weighted by molar-refractivity contribution is -0.148. The van der Waals surface area contributed by atoms with E-state index in [0.717, 1.165) is 38.8 Å². The minimum atomic E-state index is -0.0323. The molecule has 0 amide bonds. The van der Waals surface area contributed by atoms with Gasteiger partial charge in [-0.15, -0.1) is 0 Å². The third-order valence-electron chi connectivity index (χ3n) is 3.84. The van der Waals surface area contributed by atoms with Gasteiger partial charge in [-0.2, -0.15) is 0 Å². The monoisotopic (exact) mass is 291 g/mol. The van der Waals surface area contributed by atoms with Crippen molar-refractivity contribution in [2.45, 2.75) is 46.5 Å². The van der Waals surface area contributed by atoms with E-state index in [1.807, 2.05) is 18.2 Å². The van der Waals surface area contributed by atoms with Gasteiger partial charge in [0.25, 0.3) is 0 Å². The Hall–Kier alpha value is -1.51. The normalized spacial score (nSPS) is 12.0. The number of hydrogen-bond donors (Lipinski definition) is 0. The van der Waals surface area contributed by atoms with Crippen molar-refractivity contribution < 1.29 is 9.53 Å². The molecular weight excluding hydrogens is 262 g/mol. The Morgan fingerprint density at radius 1 is 1.19 bits per heavy atom. The fourth-order valence-corrected chi connectivity index (χ4v) is 2.42. The summed E-state index contributed by atoms with van der Waals surface area (Å²) in [6, 6.07) is 10.2. The zero-order valence-electron chi connectivity index (χ0n) is 13.7. The van der Waals surface area contributed by atoms with Crippen LogP contribution in [0.25, 0.3) is 0 Å². The molecule has 0 saturated heterocycles. The topological polar surface area (TPSA) is 29.5 Å². The molecule has 3 nitrogen and oxygen atoms in total. The first-order chi connectivity index (χ1) is 10.2. The Kier molecular flexibility index (Phi) is 8.56. The summed E-state index contributed by atoms with van der Waals surface area (Å²) in [5, 5.41) is 0. The third-order valence-corrected chi connectivity index (χ3v) is 3.84. The zero-order chi connectivity index (χ0) is 15.5. The Labute approximate surface area is 129 Å². The van der Waals surface area contributed by atoms with Crippen LogP contribution >= 0.6 is 0 Å². The van der Waals surface area contributed by atoms with E-state index in [4.69, 9.17) is 4.74 Å². The first kappa shape index (κ1) is 17.5. The SMILES string of the molecule is CCCCC(CC)C(=O)OCCN(CC)c1ccccc1. The number of nitrogens with zero attached hydrogens (tertiary/aromatic N) is 1. The average molecular weight is 291 g/mol. The minimum absolute atomic E-state index is 0.0323. The molecule has 21 heavy (non-hydrogen) atoms. The largest absolute Gasteiger partial charge is 0.464 e. The molecule has 0 saturated carbocycles. The van der Waals surface area contributed by atoms with Crippen LogP contribution in [0.4, 0.5) is 5.69 Å². The third kappa shape index (κ3) is 6.19. The molecule has 0 aliphatic heterocycles. The highest BCUT2D eigenvalue weighted by Crippen LogP contribution is 2.15. The number of unbranched alkanes of at least 4 members (excludes halogenated alkanes) is 1. The zero-order valence-corrected chi connectivity index (χ0v) is 13.7. The molecule has 1 atom stereocenters. The number of anilines is 1. The van der Waals surface area contributed by atoms with Gasteiger partial charge in [-0.05, 0) is 31.9 Å². The number of hydrogen-bond acceptors (Lipinski definition) is 3. The Bertz CT molecular complexity index is 391. The van der Waals surface area contributed by atoms with Crippen LogP contribution < -0.4 is 4.90 Å². The predicted octanol–water partition coefficient (Wildman–Crippen LogP) is 4.27. The van der Waals surface area contributed by atoms with E-state index < -0.39 is 0 Å². The number of carbonyl (C=O) groups excluding carboxylic acids is 1. The van der Waals surface area contributed by atoms with Crippen molar-refractivity contribution in [2.75, 3.05) is 24.6 Å².